The molecule has 0 amide bonds. The number of aromatic nitrogens is 2. The Morgan fingerprint density at radius 1 is 1.00 bits per heavy atom. The first kappa shape index (κ1) is 16.8. The molecular formula is C12H12LiN3O3S. The van der Waals surface area contributed by atoms with Crippen LogP contribution in [0, 0.1) is 0 Å². The molecule has 8 heteroatoms. The monoisotopic (exact) mass is 285 g/mol. The van der Waals surface area contributed by atoms with Gasteiger partial charge in [-0.1, -0.05) is 12.1 Å². The molecule has 0 saturated carbocycles. The Balaban J connectivity index is 0.00000200. The summed E-state index contributed by atoms with van der Waals surface area (Å²) in [6, 6.07) is 6.81. The molecule has 2 rings (SSSR count). The molecule has 20 heavy (non-hydrogen) atoms. The van der Waals surface area contributed by atoms with Gasteiger partial charge in [0, 0.05) is 37.9 Å². The topological polar surface area (TPSA) is 86.2 Å². The molecule has 0 bridgehead atoms. The minimum absolute atomic E-state index is 0. The molecule has 100 valence electrons. The van der Waals surface area contributed by atoms with Crippen LogP contribution >= 0.6 is 0 Å². The minimum Gasteiger partial charge on any atom is -0.735 e. The fraction of sp³-hybridized carbons (Fsp3) is 0.167. The summed E-state index contributed by atoms with van der Waals surface area (Å²) in [7, 11) is -4.53. The van der Waals surface area contributed by atoms with Crippen LogP contribution in [0.4, 0.5) is 0 Å². The van der Waals surface area contributed by atoms with E-state index >= 15 is 0 Å². The SMILES string of the molecule is O=S(=O)([O-])N(Cc1cccnc1)Cc1cccnc1.[Li+]. The van der Waals surface area contributed by atoms with E-state index in [2.05, 4.69) is 9.97 Å². The number of rotatable bonds is 5. The zero-order valence-electron chi connectivity index (χ0n) is 11.0. The summed E-state index contributed by atoms with van der Waals surface area (Å²) in [5, 5.41) is 0. The molecule has 0 aliphatic carbocycles. The molecule has 0 saturated heterocycles. The third-order valence-electron chi connectivity index (χ3n) is 2.48. The predicted octanol–water partition coefficient (Wildman–Crippen LogP) is -2.06. The fourth-order valence-corrected chi connectivity index (χ4v) is 2.22. The van der Waals surface area contributed by atoms with E-state index < -0.39 is 10.3 Å². The van der Waals surface area contributed by atoms with Crippen LogP contribution < -0.4 is 18.9 Å². The molecule has 0 N–H and O–H groups in total. The van der Waals surface area contributed by atoms with E-state index in [-0.39, 0.29) is 32.0 Å². The Bertz CT molecular complexity index is 581. The van der Waals surface area contributed by atoms with Crippen molar-refractivity contribution in [1.82, 2.24) is 14.3 Å². The van der Waals surface area contributed by atoms with Crippen LogP contribution in [0.15, 0.2) is 49.1 Å². The van der Waals surface area contributed by atoms with Crippen molar-refractivity contribution in [2.75, 3.05) is 0 Å². The van der Waals surface area contributed by atoms with E-state index in [9.17, 15) is 13.0 Å². The van der Waals surface area contributed by atoms with E-state index in [1.54, 1.807) is 36.7 Å². The Labute approximate surface area is 129 Å². The second-order valence-electron chi connectivity index (χ2n) is 3.95. The van der Waals surface area contributed by atoms with Gasteiger partial charge in [-0.3, -0.25) is 9.97 Å². The number of nitrogens with zero attached hydrogens (tertiary/aromatic N) is 3. The zero-order valence-corrected chi connectivity index (χ0v) is 11.8. The van der Waals surface area contributed by atoms with Crippen LogP contribution in [0.1, 0.15) is 11.1 Å². The van der Waals surface area contributed by atoms with Crippen molar-refractivity contribution in [3.63, 3.8) is 0 Å². The second-order valence-corrected chi connectivity index (χ2v) is 5.32. The average Bonchev–Trinajstić information content (AvgIpc) is 2.39. The Hall–Kier alpha value is -1.23. The van der Waals surface area contributed by atoms with Gasteiger partial charge in [0.25, 0.3) is 0 Å². The summed E-state index contributed by atoms with van der Waals surface area (Å²) < 4.78 is 34.7. The van der Waals surface area contributed by atoms with Gasteiger partial charge >= 0.3 is 18.9 Å². The maximum atomic E-state index is 11.3. The smallest absolute Gasteiger partial charge is 0.735 e. The number of pyridine rings is 2. The molecule has 6 nitrogen and oxygen atoms in total. The van der Waals surface area contributed by atoms with Crippen LogP contribution in [0.3, 0.4) is 0 Å². The van der Waals surface area contributed by atoms with Crippen molar-refractivity contribution < 1.29 is 31.8 Å². The van der Waals surface area contributed by atoms with Crippen molar-refractivity contribution >= 4 is 10.3 Å². The second kappa shape index (κ2) is 7.52. The first-order valence-electron chi connectivity index (χ1n) is 5.54. The summed E-state index contributed by atoms with van der Waals surface area (Å²) in [4.78, 5) is 7.78. The molecule has 0 unspecified atom stereocenters. The van der Waals surface area contributed by atoms with E-state index in [1.807, 2.05) is 0 Å². The van der Waals surface area contributed by atoms with Gasteiger partial charge in [0.2, 0.25) is 0 Å². The fourth-order valence-electron chi connectivity index (χ4n) is 1.60. The molecule has 0 spiro atoms. The molecule has 0 atom stereocenters. The number of hydrogen-bond acceptors (Lipinski definition) is 5. The number of hydrogen-bond donors (Lipinski definition) is 0. The Morgan fingerprint density at radius 2 is 1.45 bits per heavy atom. The van der Waals surface area contributed by atoms with Crippen molar-refractivity contribution in [3.8, 4) is 0 Å². The standard InChI is InChI=1S/C12H13N3O3S.Li/c16-19(17,18)15(9-11-3-1-5-13-7-11)10-12-4-2-6-14-8-12;/h1-8H,9-10H2,(H,16,17,18);/q;+1/p-1. The van der Waals surface area contributed by atoms with Crippen LogP contribution in [0.5, 0.6) is 0 Å². The maximum absolute atomic E-state index is 11.3. The average molecular weight is 285 g/mol. The summed E-state index contributed by atoms with van der Waals surface area (Å²) in [5.74, 6) is 0. The normalized spacial score (nSPS) is 11.1. The molecule has 2 aromatic rings. The van der Waals surface area contributed by atoms with Gasteiger partial charge in [0.05, 0.1) is 0 Å². The van der Waals surface area contributed by atoms with Gasteiger partial charge in [-0.15, -0.1) is 0 Å². The van der Waals surface area contributed by atoms with E-state index in [0.29, 0.717) is 11.1 Å². The quantitative estimate of drug-likeness (QED) is 0.466. The Kier molecular flexibility index (Phi) is 6.33. The molecule has 2 heterocycles. The van der Waals surface area contributed by atoms with Gasteiger partial charge in [-0.2, -0.15) is 0 Å². The van der Waals surface area contributed by atoms with Crippen LogP contribution in [-0.2, 0) is 23.4 Å². The molecule has 0 aliphatic rings. The summed E-state index contributed by atoms with van der Waals surface area (Å²) in [6.07, 6.45) is 6.23. The van der Waals surface area contributed by atoms with E-state index in [1.165, 1.54) is 12.4 Å². The Morgan fingerprint density at radius 3 is 1.75 bits per heavy atom. The van der Waals surface area contributed by atoms with Crippen molar-refractivity contribution in [2.24, 2.45) is 0 Å². The summed E-state index contributed by atoms with van der Waals surface area (Å²) in [6.45, 7) is -0.0108. The van der Waals surface area contributed by atoms with Gasteiger partial charge in [-0.25, -0.2) is 12.7 Å². The van der Waals surface area contributed by atoms with Gasteiger partial charge in [0.1, 0.15) is 0 Å². The molecule has 0 aliphatic heterocycles. The maximum Gasteiger partial charge on any atom is 1.00 e. The van der Waals surface area contributed by atoms with Crippen molar-refractivity contribution in [1.29, 1.82) is 0 Å². The molecular weight excluding hydrogens is 273 g/mol. The largest absolute Gasteiger partial charge is 1.00 e. The predicted molar refractivity (Wildman–Crippen MR) is 67.4 cm³/mol. The minimum atomic E-state index is -4.53. The first-order chi connectivity index (χ1) is 9.05. The van der Waals surface area contributed by atoms with Crippen LogP contribution in [0.25, 0.3) is 0 Å². The van der Waals surface area contributed by atoms with Crippen LogP contribution in [-0.4, -0.2) is 27.2 Å². The molecule has 2 aromatic heterocycles. The van der Waals surface area contributed by atoms with Gasteiger partial charge < -0.3 is 4.55 Å². The zero-order chi connectivity index (χ0) is 13.7. The first-order valence-corrected chi connectivity index (χ1v) is 6.91. The summed E-state index contributed by atoms with van der Waals surface area (Å²) >= 11 is 0. The molecule has 0 fully saturated rings. The van der Waals surface area contributed by atoms with Crippen molar-refractivity contribution in [3.05, 3.63) is 60.2 Å². The van der Waals surface area contributed by atoms with E-state index in [4.69, 9.17) is 0 Å². The van der Waals surface area contributed by atoms with Gasteiger partial charge in [0.15, 0.2) is 10.3 Å². The third-order valence-corrected chi connectivity index (χ3v) is 3.37. The van der Waals surface area contributed by atoms with E-state index in [0.717, 1.165) is 4.31 Å². The third kappa shape index (κ3) is 5.04. The van der Waals surface area contributed by atoms with Gasteiger partial charge in [-0.05, 0) is 23.3 Å². The summed E-state index contributed by atoms with van der Waals surface area (Å²) in [5.41, 5.74) is 1.32. The van der Waals surface area contributed by atoms with Crippen LogP contribution in [0.2, 0.25) is 0 Å². The molecule has 0 aromatic carbocycles. The van der Waals surface area contributed by atoms with Crippen molar-refractivity contribution in [2.45, 2.75) is 13.1 Å². The molecule has 0 radical (unpaired) electrons.